The van der Waals surface area contributed by atoms with E-state index in [1.165, 1.54) is 12.1 Å². The summed E-state index contributed by atoms with van der Waals surface area (Å²) in [5, 5.41) is 0. The lowest BCUT2D eigenvalue weighted by Gasteiger charge is -2.23. The summed E-state index contributed by atoms with van der Waals surface area (Å²) in [6.07, 6.45) is 2.22. The van der Waals surface area contributed by atoms with Gasteiger partial charge < -0.3 is 4.74 Å². The second kappa shape index (κ2) is 8.82. The topological polar surface area (TPSA) is 63.7 Å². The summed E-state index contributed by atoms with van der Waals surface area (Å²) < 4.78 is 32.7. The zero-order valence-corrected chi connectivity index (χ0v) is 16.5. The quantitative estimate of drug-likeness (QED) is 0.483. The Bertz CT molecular complexity index is 906. The molecule has 2 aromatic carbocycles. The molecule has 2 rings (SSSR count). The van der Waals surface area contributed by atoms with Crippen LogP contribution in [0.25, 0.3) is 5.70 Å². The van der Waals surface area contributed by atoms with Crippen molar-refractivity contribution in [1.82, 2.24) is 4.31 Å². The van der Waals surface area contributed by atoms with Crippen LogP contribution in [0.15, 0.2) is 82.8 Å². The van der Waals surface area contributed by atoms with E-state index in [-0.39, 0.29) is 17.2 Å². The van der Waals surface area contributed by atoms with Gasteiger partial charge in [0.1, 0.15) is 0 Å². The monoisotopic (exact) mass is 435 g/mol. The number of carbonyl (C=O) groups is 1. The molecule has 7 heteroatoms. The first-order valence-electron chi connectivity index (χ1n) is 7.75. The molecule has 0 amide bonds. The molecule has 2 aromatic rings. The van der Waals surface area contributed by atoms with Crippen LogP contribution in [0.4, 0.5) is 0 Å². The average molecular weight is 436 g/mol. The van der Waals surface area contributed by atoms with Crippen molar-refractivity contribution in [2.24, 2.45) is 0 Å². The molecule has 0 heterocycles. The lowest BCUT2D eigenvalue weighted by molar-refractivity contribution is -0.137. The molecule has 0 aliphatic carbocycles. The Hall–Kier alpha value is -2.38. The number of nitrogens with zero attached hydrogens (tertiary/aromatic N) is 1. The molecule has 0 radical (unpaired) electrons. The minimum atomic E-state index is -3.96. The average Bonchev–Trinajstić information content (AvgIpc) is 2.63. The molecule has 0 atom stereocenters. The van der Waals surface area contributed by atoms with Gasteiger partial charge in [-0.2, -0.15) is 0 Å². The van der Waals surface area contributed by atoms with Crippen molar-refractivity contribution in [2.45, 2.75) is 11.8 Å². The third kappa shape index (κ3) is 4.83. The van der Waals surface area contributed by atoms with Crippen molar-refractivity contribution >= 4 is 37.6 Å². The van der Waals surface area contributed by atoms with Crippen LogP contribution in [0, 0.1) is 0 Å². The summed E-state index contributed by atoms with van der Waals surface area (Å²) in [6.45, 7) is 5.76. The lowest BCUT2D eigenvalue weighted by Crippen LogP contribution is -2.24. The van der Waals surface area contributed by atoms with E-state index in [1.54, 1.807) is 43.3 Å². The van der Waals surface area contributed by atoms with Gasteiger partial charge in [0.05, 0.1) is 17.2 Å². The third-order valence-electron chi connectivity index (χ3n) is 3.38. The summed E-state index contributed by atoms with van der Waals surface area (Å²) in [6, 6.07) is 15.1. The number of benzene rings is 2. The number of hydrogen-bond donors (Lipinski definition) is 0. The first-order chi connectivity index (χ1) is 12.4. The lowest BCUT2D eigenvalue weighted by atomic mass is 10.2. The van der Waals surface area contributed by atoms with Crippen LogP contribution in [0.3, 0.4) is 0 Å². The van der Waals surface area contributed by atoms with E-state index in [4.69, 9.17) is 4.74 Å². The maximum atomic E-state index is 13.1. The molecule has 0 unspecified atom stereocenters. The zero-order chi connectivity index (χ0) is 19.2. The highest BCUT2D eigenvalue weighted by molar-refractivity contribution is 9.10. The second-order valence-corrected chi connectivity index (χ2v) is 7.87. The van der Waals surface area contributed by atoms with Gasteiger partial charge in [0, 0.05) is 16.7 Å². The number of ether oxygens (including phenoxy) is 1. The SMILES string of the molecule is C=C(c1ccccc1)N(/C=C/C(=O)OCC)S(=O)(=O)c1ccc(Br)cc1. The fourth-order valence-electron chi connectivity index (χ4n) is 2.11. The van der Waals surface area contributed by atoms with Crippen LogP contribution in [0.5, 0.6) is 0 Å². The first-order valence-corrected chi connectivity index (χ1v) is 9.99. The molecule has 0 fully saturated rings. The van der Waals surface area contributed by atoms with E-state index < -0.39 is 16.0 Å². The molecule has 0 aromatic heterocycles. The fourth-order valence-corrected chi connectivity index (χ4v) is 3.70. The Kier molecular flexibility index (Phi) is 6.76. The second-order valence-electron chi connectivity index (χ2n) is 5.14. The number of rotatable bonds is 7. The highest BCUT2D eigenvalue weighted by Gasteiger charge is 2.25. The molecule has 26 heavy (non-hydrogen) atoms. The van der Waals surface area contributed by atoms with Crippen LogP contribution < -0.4 is 0 Å². The van der Waals surface area contributed by atoms with Crippen LogP contribution in [0.1, 0.15) is 12.5 Å². The number of carbonyl (C=O) groups excluding carboxylic acids is 1. The zero-order valence-electron chi connectivity index (χ0n) is 14.1. The van der Waals surface area contributed by atoms with Crippen molar-refractivity contribution < 1.29 is 17.9 Å². The van der Waals surface area contributed by atoms with Crippen LogP contribution in [0.2, 0.25) is 0 Å². The van der Waals surface area contributed by atoms with E-state index in [0.29, 0.717) is 5.56 Å². The summed E-state index contributed by atoms with van der Waals surface area (Å²) in [7, 11) is -3.96. The van der Waals surface area contributed by atoms with Crippen LogP contribution >= 0.6 is 15.9 Å². The maximum absolute atomic E-state index is 13.1. The van der Waals surface area contributed by atoms with E-state index in [1.807, 2.05) is 6.07 Å². The Morgan fingerprint density at radius 1 is 1.15 bits per heavy atom. The van der Waals surface area contributed by atoms with Gasteiger partial charge in [0.25, 0.3) is 10.0 Å². The van der Waals surface area contributed by atoms with Crippen molar-refractivity contribution in [3.05, 3.63) is 83.5 Å². The molecule has 0 saturated heterocycles. The van der Waals surface area contributed by atoms with Crippen LogP contribution in [-0.4, -0.2) is 25.3 Å². The molecule has 0 saturated carbocycles. The highest BCUT2D eigenvalue weighted by Crippen LogP contribution is 2.27. The van der Waals surface area contributed by atoms with Gasteiger partial charge in [0.15, 0.2) is 0 Å². The van der Waals surface area contributed by atoms with Crippen LogP contribution in [-0.2, 0) is 19.6 Å². The third-order valence-corrected chi connectivity index (χ3v) is 5.63. The smallest absolute Gasteiger partial charge is 0.332 e. The Morgan fingerprint density at radius 2 is 1.77 bits per heavy atom. The summed E-state index contributed by atoms with van der Waals surface area (Å²) in [5.41, 5.74) is 0.829. The van der Waals surface area contributed by atoms with Crippen molar-refractivity contribution in [2.75, 3.05) is 6.61 Å². The van der Waals surface area contributed by atoms with Crippen molar-refractivity contribution in [1.29, 1.82) is 0 Å². The molecule has 136 valence electrons. The van der Waals surface area contributed by atoms with Crippen molar-refractivity contribution in [3.63, 3.8) is 0 Å². The van der Waals surface area contributed by atoms with Crippen molar-refractivity contribution in [3.8, 4) is 0 Å². The molecular formula is C19H18BrNO4S. The summed E-state index contributed by atoms with van der Waals surface area (Å²) >= 11 is 3.28. The van der Waals surface area contributed by atoms with E-state index >= 15 is 0 Å². The molecule has 0 aliphatic rings. The van der Waals surface area contributed by atoms with E-state index in [0.717, 1.165) is 21.1 Å². The standard InChI is InChI=1S/C19H18BrNO4S/c1-3-25-19(22)13-14-21(15(2)16-7-5-4-6-8-16)26(23,24)18-11-9-17(20)10-12-18/h4-14H,2-3H2,1H3/b14-13+. The minimum absolute atomic E-state index is 0.0753. The number of esters is 1. The predicted octanol–water partition coefficient (Wildman–Crippen LogP) is 4.19. The highest BCUT2D eigenvalue weighted by atomic mass is 79.9. The number of halogens is 1. The van der Waals surface area contributed by atoms with E-state index in [2.05, 4.69) is 22.5 Å². The minimum Gasteiger partial charge on any atom is -0.463 e. The summed E-state index contributed by atoms with van der Waals surface area (Å²) in [4.78, 5) is 11.7. The van der Waals surface area contributed by atoms with Gasteiger partial charge in [-0.15, -0.1) is 0 Å². The van der Waals surface area contributed by atoms with Gasteiger partial charge >= 0.3 is 5.97 Å². The molecular weight excluding hydrogens is 418 g/mol. The van der Waals surface area contributed by atoms with Gasteiger partial charge in [-0.25, -0.2) is 17.5 Å². The molecule has 0 bridgehead atoms. The number of hydrogen-bond acceptors (Lipinski definition) is 4. The molecule has 0 aliphatic heterocycles. The van der Waals surface area contributed by atoms with Gasteiger partial charge in [0.2, 0.25) is 0 Å². The predicted molar refractivity (Wildman–Crippen MR) is 104 cm³/mol. The Labute approximate surface area is 161 Å². The fraction of sp³-hybridized carbons (Fsp3) is 0.105. The van der Waals surface area contributed by atoms with Gasteiger partial charge in [-0.1, -0.05) is 52.8 Å². The Balaban J connectivity index is 2.47. The number of sulfonamides is 1. The normalized spacial score (nSPS) is 11.3. The van der Waals surface area contributed by atoms with Gasteiger partial charge in [-0.3, -0.25) is 0 Å². The molecule has 0 N–H and O–H groups in total. The molecule has 0 spiro atoms. The van der Waals surface area contributed by atoms with E-state index in [9.17, 15) is 13.2 Å². The summed E-state index contributed by atoms with van der Waals surface area (Å²) in [5.74, 6) is -0.635. The first kappa shape index (κ1) is 19.9. The largest absolute Gasteiger partial charge is 0.463 e. The molecule has 5 nitrogen and oxygen atoms in total. The Morgan fingerprint density at radius 3 is 2.35 bits per heavy atom. The van der Waals surface area contributed by atoms with Gasteiger partial charge in [-0.05, 0) is 36.8 Å². The maximum Gasteiger partial charge on any atom is 0.332 e.